The zero-order valence-corrected chi connectivity index (χ0v) is 17.4. The molecule has 0 amide bonds. The lowest BCUT2D eigenvalue weighted by atomic mass is 10.0. The largest absolute Gasteiger partial charge is 0.468 e. The van der Waals surface area contributed by atoms with Crippen molar-refractivity contribution in [3.05, 3.63) is 70.2 Å². The molecule has 0 aliphatic carbocycles. The number of piperazine rings is 1. The van der Waals surface area contributed by atoms with E-state index in [0.717, 1.165) is 30.8 Å². The van der Waals surface area contributed by atoms with Crippen molar-refractivity contribution in [1.29, 1.82) is 0 Å². The monoisotopic (exact) mass is 416 g/mol. The Bertz CT molecular complexity index is 865. The van der Waals surface area contributed by atoms with Gasteiger partial charge in [-0.3, -0.25) is 9.80 Å². The summed E-state index contributed by atoms with van der Waals surface area (Å²) in [5.41, 5.74) is 2.37. The van der Waals surface area contributed by atoms with Crippen LogP contribution in [0.3, 0.4) is 0 Å². The van der Waals surface area contributed by atoms with Crippen LogP contribution in [0.4, 0.5) is 0 Å². The molecule has 2 aromatic rings. The molecule has 6 nitrogen and oxygen atoms in total. The van der Waals surface area contributed by atoms with E-state index in [1.807, 2.05) is 36.4 Å². The molecule has 1 aliphatic heterocycles. The van der Waals surface area contributed by atoms with Crippen LogP contribution in [0.5, 0.6) is 0 Å². The summed E-state index contributed by atoms with van der Waals surface area (Å²) in [5.74, 6) is -0.644. The third-order valence-electron chi connectivity index (χ3n) is 5.15. The van der Waals surface area contributed by atoms with Crippen LogP contribution in [-0.4, -0.2) is 62.1 Å². The van der Waals surface area contributed by atoms with Crippen LogP contribution in [-0.2, 0) is 20.8 Å². The van der Waals surface area contributed by atoms with Crippen LogP contribution in [0.2, 0.25) is 5.02 Å². The van der Waals surface area contributed by atoms with E-state index in [4.69, 9.17) is 21.1 Å². The summed E-state index contributed by atoms with van der Waals surface area (Å²) >= 11 is 6.34. The van der Waals surface area contributed by atoms with Crippen LogP contribution in [0.25, 0.3) is 0 Å². The molecule has 0 aromatic heterocycles. The molecule has 1 unspecified atom stereocenters. The van der Waals surface area contributed by atoms with E-state index in [1.54, 1.807) is 12.1 Å². The highest BCUT2D eigenvalue weighted by atomic mass is 35.5. The summed E-state index contributed by atoms with van der Waals surface area (Å²) in [7, 11) is 2.78. The predicted molar refractivity (Wildman–Crippen MR) is 111 cm³/mol. The number of methoxy groups -OCH3 is 2. The SMILES string of the molecule is COC(=O)c1cccc(CN2CCN(C(C(=O)OC)c3ccccc3Cl)CC2)c1. The van der Waals surface area contributed by atoms with Gasteiger partial charge in [0.2, 0.25) is 0 Å². The first-order valence-electron chi connectivity index (χ1n) is 9.49. The van der Waals surface area contributed by atoms with Crippen LogP contribution >= 0.6 is 11.6 Å². The van der Waals surface area contributed by atoms with Gasteiger partial charge in [-0.2, -0.15) is 0 Å². The maximum Gasteiger partial charge on any atom is 0.337 e. The van der Waals surface area contributed by atoms with Crippen LogP contribution < -0.4 is 0 Å². The first kappa shape index (κ1) is 21.3. The molecule has 1 atom stereocenters. The average Bonchev–Trinajstić information content (AvgIpc) is 2.76. The third kappa shape index (κ3) is 5.15. The maximum absolute atomic E-state index is 12.5. The average molecular weight is 417 g/mol. The molecule has 0 N–H and O–H groups in total. The van der Waals surface area contributed by atoms with Crippen molar-refractivity contribution >= 4 is 23.5 Å². The Hall–Kier alpha value is -2.41. The van der Waals surface area contributed by atoms with Gasteiger partial charge in [0.25, 0.3) is 0 Å². The van der Waals surface area contributed by atoms with E-state index in [-0.39, 0.29) is 11.9 Å². The highest BCUT2D eigenvalue weighted by molar-refractivity contribution is 6.31. The third-order valence-corrected chi connectivity index (χ3v) is 5.49. The summed E-state index contributed by atoms with van der Waals surface area (Å²) in [4.78, 5) is 28.6. The van der Waals surface area contributed by atoms with E-state index < -0.39 is 6.04 Å². The molecule has 3 rings (SSSR count). The molecule has 0 radical (unpaired) electrons. The molecule has 1 fully saturated rings. The molecule has 1 saturated heterocycles. The molecular formula is C22H25ClN2O4. The summed E-state index contributed by atoms with van der Waals surface area (Å²) in [5, 5.41) is 0.560. The Morgan fingerprint density at radius 3 is 2.38 bits per heavy atom. The van der Waals surface area contributed by atoms with Crippen molar-refractivity contribution in [3.63, 3.8) is 0 Å². The smallest absolute Gasteiger partial charge is 0.337 e. The zero-order valence-electron chi connectivity index (χ0n) is 16.6. The van der Waals surface area contributed by atoms with Gasteiger partial charge in [-0.15, -0.1) is 0 Å². The number of ether oxygens (including phenoxy) is 2. The van der Waals surface area contributed by atoms with Crippen molar-refractivity contribution in [1.82, 2.24) is 9.80 Å². The molecule has 7 heteroatoms. The number of halogens is 1. The number of nitrogens with zero attached hydrogens (tertiary/aromatic N) is 2. The van der Waals surface area contributed by atoms with Crippen molar-refractivity contribution < 1.29 is 19.1 Å². The van der Waals surface area contributed by atoms with Gasteiger partial charge in [0.1, 0.15) is 6.04 Å². The Morgan fingerprint density at radius 1 is 1.00 bits per heavy atom. The molecular weight excluding hydrogens is 392 g/mol. The van der Waals surface area contributed by atoms with Gasteiger partial charge in [0.15, 0.2) is 0 Å². The lowest BCUT2D eigenvalue weighted by Crippen LogP contribution is -2.49. The second-order valence-electron chi connectivity index (χ2n) is 6.95. The molecule has 154 valence electrons. The van der Waals surface area contributed by atoms with Gasteiger partial charge in [-0.05, 0) is 29.3 Å². The van der Waals surface area contributed by atoms with Crippen LogP contribution in [0.15, 0.2) is 48.5 Å². The van der Waals surface area contributed by atoms with Gasteiger partial charge in [0, 0.05) is 37.7 Å². The highest BCUT2D eigenvalue weighted by Crippen LogP contribution is 2.29. The summed E-state index contributed by atoms with van der Waals surface area (Å²) in [6.07, 6.45) is 0. The lowest BCUT2D eigenvalue weighted by Gasteiger charge is -2.38. The quantitative estimate of drug-likeness (QED) is 0.674. The number of hydrogen-bond donors (Lipinski definition) is 0. The standard InChI is InChI=1S/C22H25ClN2O4/c1-28-21(26)17-7-5-6-16(14-17)15-24-10-12-25(13-11-24)20(22(27)29-2)18-8-3-4-9-19(18)23/h3-9,14,20H,10-13,15H2,1-2H3. The number of carbonyl (C=O) groups excluding carboxylic acids is 2. The van der Waals surface area contributed by atoms with E-state index in [2.05, 4.69) is 9.80 Å². The fourth-order valence-electron chi connectivity index (χ4n) is 3.63. The highest BCUT2D eigenvalue weighted by Gasteiger charge is 2.32. The van der Waals surface area contributed by atoms with Gasteiger partial charge >= 0.3 is 11.9 Å². The minimum Gasteiger partial charge on any atom is -0.468 e. The number of rotatable bonds is 6. The zero-order chi connectivity index (χ0) is 20.8. The fraction of sp³-hybridized carbons (Fsp3) is 0.364. The van der Waals surface area contributed by atoms with Crippen molar-refractivity contribution in [2.24, 2.45) is 0 Å². The fourth-order valence-corrected chi connectivity index (χ4v) is 3.87. The first-order chi connectivity index (χ1) is 14.0. The van der Waals surface area contributed by atoms with E-state index >= 15 is 0 Å². The first-order valence-corrected chi connectivity index (χ1v) is 9.87. The Balaban J connectivity index is 1.67. The lowest BCUT2D eigenvalue weighted by molar-refractivity contribution is -0.148. The van der Waals surface area contributed by atoms with Crippen LogP contribution in [0.1, 0.15) is 27.5 Å². The van der Waals surface area contributed by atoms with E-state index in [9.17, 15) is 9.59 Å². The normalized spacial score (nSPS) is 16.2. The Morgan fingerprint density at radius 2 is 1.72 bits per heavy atom. The molecule has 1 aliphatic rings. The molecule has 0 spiro atoms. The Labute approximate surface area is 176 Å². The topological polar surface area (TPSA) is 59.1 Å². The number of esters is 2. The van der Waals surface area contributed by atoms with Crippen molar-refractivity contribution in [2.75, 3.05) is 40.4 Å². The van der Waals surface area contributed by atoms with Crippen LogP contribution in [0, 0.1) is 0 Å². The summed E-state index contributed by atoms with van der Waals surface area (Å²) < 4.78 is 9.84. The summed E-state index contributed by atoms with van der Waals surface area (Å²) in [6.45, 7) is 3.73. The number of benzene rings is 2. The summed E-state index contributed by atoms with van der Waals surface area (Å²) in [6, 6.07) is 14.3. The number of carbonyl (C=O) groups is 2. The second kappa shape index (κ2) is 9.87. The van der Waals surface area contributed by atoms with Gasteiger partial charge in [0.05, 0.1) is 19.8 Å². The van der Waals surface area contributed by atoms with Gasteiger partial charge in [-0.1, -0.05) is 41.9 Å². The molecule has 1 heterocycles. The molecule has 2 aromatic carbocycles. The minimum absolute atomic E-state index is 0.308. The van der Waals surface area contributed by atoms with Crippen molar-refractivity contribution in [3.8, 4) is 0 Å². The maximum atomic E-state index is 12.5. The van der Waals surface area contributed by atoms with E-state index in [1.165, 1.54) is 14.2 Å². The minimum atomic E-state index is -0.515. The second-order valence-corrected chi connectivity index (χ2v) is 7.36. The van der Waals surface area contributed by atoms with Gasteiger partial charge < -0.3 is 9.47 Å². The van der Waals surface area contributed by atoms with E-state index in [0.29, 0.717) is 23.7 Å². The predicted octanol–water partition coefficient (Wildman–Crippen LogP) is 3.16. The van der Waals surface area contributed by atoms with Crippen molar-refractivity contribution in [2.45, 2.75) is 12.6 Å². The number of hydrogen-bond acceptors (Lipinski definition) is 6. The van der Waals surface area contributed by atoms with Gasteiger partial charge in [-0.25, -0.2) is 9.59 Å². The molecule has 29 heavy (non-hydrogen) atoms. The molecule has 0 bridgehead atoms. The Kier molecular flexibility index (Phi) is 7.25. The molecule has 0 saturated carbocycles.